The molecule has 4 nitrogen and oxygen atoms in total. The predicted molar refractivity (Wildman–Crippen MR) is 106 cm³/mol. The zero-order chi connectivity index (χ0) is 21.1. The Morgan fingerprint density at radius 2 is 1.57 bits per heavy atom. The van der Waals surface area contributed by atoms with Crippen LogP contribution in [0.2, 0.25) is 0 Å². The molecule has 0 radical (unpaired) electrons. The predicted octanol–water partition coefficient (Wildman–Crippen LogP) is 5.53. The summed E-state index contributed by atoms with van der Waals surface area (Å²) in [4.78, 5) is 16.7. The Labute approximate surface area is 169 Å². The number of halogens is 3. The highest BCUT2D eigenvalue weighted by atomic mass is 19.4. The SMILES string of the molecule is O=C(COc1cccc(C(F)(F)F)c1)OCc1nc2ccccc2c2ccccc12. The molecule has 0 atom stereocenters. The fraction of sp³-hybridized carbons (Fsp3) is 0.130. The molecule has 1 heterocycles. The summed E-state index contributed by atoms with van der Waals surface area (Å²) in [5.74, 6) is -0.762. The van der Waals surface area contributed by atoms with E-state index in [-0.39, 0.29) is 12.4 Å². The lowest BCUT2D eigenvalue weighted by molar-refractivity contribution is -0.147. The maximum Gasteiger partial charge on any atom is 0.416 e. The molecule has 4 rings (SSSR count). The largest absolute Gasteiger partial charge is 0.482 e. The Hall–Kier alpha value is -3.61. The Morgan fingerprint density at radius 1 is 0.867 bits per heavy atom. The quantitative estimate of drug-likeness (QED) is 0.320. The van der Waals surface area contributed by atoms with Crippen LogP contribution in [-0.4, -0.2) is 17.6 Å². The monoisotopic (exact) mass is 411 g/mol. The highest BCUT2D eigenvalue weighted by molar-refractivity contribution is 6.06. The number of benzene rings is 3. The Balaban J connectivity index is 1.46. The third kappa shape index (κ3) is 4.20. The standard InChI is InChI=1S/C23H16F3NO3/c24-23(25,26)15-6-5-7-16(12-15)29-14-22(28)30-13-21-19-10-2-1-8-17(19)18-9-3-4-11-20(18)27-21/h1-12H,13-14H2. The number of aromatic nitrogens is 1. The molecule has 0 saturated carbocycles. The van der Waals surface area contributed by atoms with Gasteiger partial charge in [0.25, 0.3) is 0 Å². The lowest BCUT2D eigenvalue weighted by Gasteiger charge is -2.11. The van der Waals surface area contributed by atoms with Crippen LogP contribution in [0.3, 0.4) is 0 Å². The molecular weight excluding hydrogens is 395 g/mol. The molecule has 0 spiro atoms. The molecule has 4 aromatic rings. The molecule has 0 aliphatic carbocycles. The molecule has 0 fully saturated rings. The maximum absolute atomic E-state index is 12.8. The zero-order valence-electron chi connectivity index (χ0n) is 15.6. The van der Waals surface area contributed by atoms with Gasteiger partial charge < -0.3 is 9.47 Å². The summed E-state index contributed by atoms with van der Waals surface area (Å²) >= 11 is 0. The molecular formula is C23H16F3NO3. The van der Waals surface area contributed by atoms with Crippen molar-refractivity contribution in [2.45, 2.75) is 12.8 Å². The molecule has 7 heteroatoms. The third-order valence-corrected chi connectivity index (χ3v) is 4.58. The van der Waals surface area contributed by atoms with Gasteiger partial charge in [-0.2, -0.15) is 13.2 Å². The van der Waals surface area contributed by atoms with Crippen molar-refractivity contribution in [3.63, 3.8) is 0 Å². The molecule has 0 aliphatic heterocycles. The first-order valence-corrected chi connectivity index (χ1v) is 9.14. The average Bonchev–Trinajstić information content (AvgIpc) is 2.75. The van der Waals surface area contributed by atoms with Gasteiger partial charge in [-0.25, -0.2) is 9.78 Å². The highest BCUT2D eigenvalue weighted by Crippen LogP contribution is 2.31. The first-order chi connectivity index (χ1) is 14.4. The number of rotatable bonds is 5. The number of carbonyl (C=O) groups excluding carboxylic acids is 1. The molecule has 152 valence electrons. The van der Waals surface area contributed by atoms with Crippen molar-refractivity contribution in [3.05, 3.63) is 84.1 Å². The van der Waals surface area contributed by atoms with Gasteiger partial charge in [0, 0.05) is 10.8 Å². The van der Waals surface area contributed by atoms with Gasteiger partial charge in [0.05, 0.1) is 16.8 Å². The number of pyridine rings is 1. The number of hydrogen-bond donors (Lipinski definition) is 0. The summed E-state index contributed by atoms with van der Waals surface area (Å²) in [5, 5.41) is 2.85. The normalized spacial score (nSPS) is 11.6. The summed E-state index contributed by atoms with van der Waals surface area (Å²) in [6.07, 6.45) is -4.48. The number of ether oxygens (including phenoxy) is 2. The number of hydrogen-bond acceptors (Lipinski definition) is 4. The number of esters is 1. The second-order valence-electron chi connectivity index (χ2n) is 6.60. The van der Waals surface area contributed by atoms with E-state index in [0.717, 1.165) is 33.8 Å². The Kier molecular flexibility index (Phi) is 5.27. The van der Waals surface area contributed by atoms with E-state index in [1.807, 2.05) is 48.5 Å². The fourth-order valence-corrected chi connectivity index (χ4v) is 3.18. The van der Waals surface area contributed by atoms with E-state index >= 15 is 0 Å². The van der Waals surface area contributed by atoms with Crippen molar-refractivity contribution >= 4 is 27.6 Å². The molecule has 30 heavy (non-hydrogen) atoms. The summed E-state index contributed by atoms with van der Waals surface area (Å²) in [5.41, 5.74) is 0.527. The molecule has 0 bridgehead atoms. The van der Waals surface area contributed by atoms with Gasteiger partial charge in [-0.15, -0.1) is 0 Å². The molecule has 0 unspecified atom stereocenters. The van der Waals surface area contributed by atoms with E-state index in [0.29, 0.717) is 5.69 Å². The van der Waals surface area contributed by atoms with Crippen molar-refractivity contribution in [1.82, 2.24) is 4.98 Å². The van der Waals surface area contributed by atoms with Crippen LogP contribution in [0.4, 0.5) is 13.2 Å². The van der Waals surface area contributed by atoms with Crippen LogP contribution in [0.25, 0.3) is 21.7 Å². The van der Waals surface area contributed by atoms with Crippen molar-refractivity contribution in [1.29, 1.82) is 0 Å². The van der Waals surface area contributed by atoms with Gasteiger partial charge in [0.15, 0.2) is 6.61 Å². The van der Waals surface area contributed by atoms with Crippen LogP contribution in [0.5, 0.6) is 5.75 Å². The minimum atomic E-state index is -4.48. The summed E-state index contributed by atoms with van der Waals surface area (Å²) in [6, 6.07) is 19.7. The van der Waals surface area contributed by atoms with Crippen LogP contribution in [0, 0.1) is 0 Å². The number of fused-ring (bicyclic) bond motifs is 3. The minimum Gasteiger partial charge on any atom is -0.482 e. The molecule has 0 aliphatic rings. The van der Waals surface area contributed by atoms with Crippen LogP contribution >= 0.6 is 0 Å². The smallest absolute Gasteiger partial charge is 0.416 e. The average molecular weight is 411 g/mol. The van der Waals surface area contributed by atoms with Crippen LogP contribution in [0.1, 0.15) is 11.3 Å². The third-order valence-electron chi connectivity index (χ3n) is 4.58. The molecule has 1 aromatic heterocycles. The van der Waals surface area contributed by atoms with Crippen LogP contribution in [-0.2, 0) is 22.3 Å². The van der Waals surface area contributed by atoms with Crippen molar-refractivity contribution in [3.8, 4) is 5.75 Å². The van der Waals surface area contributed by atoms with Gasteiger partial charge >= 0.3 is 12.1 Å². The fourth-order valence-electron chi connectivity index (χ4n) is 3.18. The van der Waals surface area contributed by atoms with Gasteiger partial charge in [-0.3, -0.25) is 0 Å². The number of carbonyl (C=O) groups is 1. The van der Waals surface area contributed by atoms with Gasteiger partial charge in [0.1, 0.15) is 12.4 Å². The van der Waals surface area contributed by atoms with Crippen molar-refractivity contribution in [2.24, 2.45) is 0 Å². The number of alkyl halides is 3. The Morgan fingerprint density at radius 3 is 2.33 bits per heavy atom. The first kappa shape index (κ1) is 19.7. The van der Waals surface area contributed by atoms with Crippen molar-refractivity contribution < 1.29 is 27.4 Å². The van der Waals surface area contributed by atoms with E-state index in [9.17, 15) is 18.0 Å². The van der Waals surface area contributed by atoms with Crippen LogP contribution < -0.4 is 4.74 Å². The Bertz CT molecular complexity index is 1220. The van der Waals surface area contributed by atoms with E-state index < -0.39 is 24.3 Å². The maximum atomic E-state index is 12.8. The number of para-hydroxylation sites is 1. The van der Waals surface area contributed by atoms with E-state index in [2.05, 4.69) is 4.98 Å². The van der Waals surface area contributed by atoms with E-state index in [1.54, 1.807) is 0 Å². The van der Waals surface area contributed by atoms with Gasteiger partial charge in [-0.05, 0) is 29.7 Å². The van der Waals surface area contributed by atoms with Crippen LogP contribution in [0.15, 0.2) is 72.8 Å². The highest BCUT2D eigenvalue weighted by Gasteiger charge is 2.30. The lowest BCUT2D eigenvalue weighted by Crippen LogP contribution is -2.15. The second-order valence-corrected chi connectivity index (χ2v) is 6.60. The van der Waals surface area contributed by atoms with Gasteiger partial charge in [0.2, 0.25) is 0 Å². The molecule has 0 saturated heterocycles. The van der Waals surface area contributed by atoms with E-state index in [4.69, 9.17) is 9.47 Å². The lowest BCUT2D eigenvalue weighted by atomic mass is 10.0. The topological polar surface area (TPSA) is 48.4 Å². The summed E-state index contributed by atoms with van der Waals surface area (Å²) in [6.45, 7) is -0.580. The second kappa shape index (κ2) is 8.02. The molecule has 0 amide bonds. The number of nitrogens with zero attached hydrogens (tertiary/aromatic N) is 1. The molecule has 3 aromatic carbocycles. The van der Waals surface area contributed by atoms with Crippen molar-refractivity contribution in [2.75, 3.05) is 6.61 Å². The minimum absolute atomic E-state index is 0.0592. The van der Waals surface area contributed by atoms with E-state index in [1.165, 1.54) is 12.1 Å². The first-order valence-electron chi connectivity index (χ1n) is 9.14. The zero-order valence-corrected chi connectivity index (χ0v) is 15.6. The molecule has 0 N–H and O–H groups in total. The summed E-state index contributed by atoms with van der Waals surface area (Å²) in [7, 11) is 0. The van der Waals surface area contributed by atoms with Gasteiger partial charge in [-0.1, -0.05) is 48.5 Å². The summed E-state index contributed by atoms with van der Waals surface area (Å²) < 4.78 is 48.7.